The van der Waals surface area contributed by atoms with Crippen molar-refractivity contribution in [3.05, 3.63) is 30.3 Å². The number of benzene rings is 1. The molecule has 0 heterocycles. The highest BCUT2D eigenvalue weighted by atomic mass is 16.2. The molecule has 2 aliphatic rings. The molecule has 2 saturated carbocycles. The number of para-hydroxylation sites is 1. The Balaban J connectivity index is 2.05. The molecule has 3 rings (SSSR count). The Hall–Kier alpha value is -1.97. The molecule has 2 aliphatic carbocycles. The summed E-state index contributed by atoms with van der Waals surface area (Å²) < 4.78 is 0. The number of carbonyl (C=O) groups excluding carboxylic acids is 3. The molecule has 0 aliphatic heterocycles. The van der Waals surface area contributed by atoms with E-state index in [2.05, 4.69) is 0 Å². The SMILES string of the molecule is CN(C(=O)C12CCC(C(=O)C1=O)C2(C)C)c1ccccc1. The van der Waals surface area contributed by atoms with Crippen LogP contribution in [0.3, 0.4) is 0 Å². The topological polar surface area (TPSA) is 54.5 Å². The van der Waals surface area contributed by atoms with Gasteiger partial charge in [-0.1, -0.05) is 32.0 Å². The van der Waals surface area contributed by atoms with Gasteiger partial charge in [0.1, 0.15) is 5.41 Å². The van der Waals surface area contributed by atoms with E-state index in [9.17, 15) is 14.4 Å². The van der Waals surface area contributed by atoms with Crippen LogP contribution in [0.5, 0.6) is 0 Å². The third-order valence-corrected chi connectivity index (χ3v) is 5.52. The fraction of sp³-hybridized carbons (Fsp3) is 0.471. The average Bonchev–Trinajstić information content (AvgIpc) is 2.83. The molecule has 2 unspecified atom stereocenters. The van der Waals surface area contributed by atoms with Crippen molar-refractivity contribution in [3.63, 3.8) is 0 Å². The van der Waals surface area contributed by atoms with E-state index in [0.717, 1.165) is 5.69 Å². The van der Waals surface area contributed by atoms with Crippen molar-refractivity contribution in [1.29, 1.82) is 0 Å². The summed E-state index contributed by atoms with van der Waals surface area (Å²) in [6.45, 7) is 3.76. The van der Waals surface area contributed by atoms with Gasteiger partial charge in [0.25, 0.3) is 0 Å². The normalized spacial score (nSPS) is 29.8. The van der Waals surface area contributed by atoms with E-state index < -0.39 is 16.6 Å². The number of Topliss-reactive ketones (excluding diaryl/α,β-unsaturated/α-hetero) is 2. The van der Waals surface area contributed by atoms with Gasteiger partial charge >= 0.3 is 0 Å². The molecule has 1 aromatic carbocycles. The second-order valence-electron chi connectivity index (χ2n) is 6.61. The number of nitrogens with zero attached hydrogens (tertiary/aromatic N) is 1. The quantitative estimate of drug-likeness (QED) is 0.618. The van der Waals surface area contributed by atoms with Crippen LogP contribution >= 0.6 is 0 Å². The molecular weight excluding hydrogens is 266 g/mol. The summed E-state index contributed by atoms with van der Waals surface area (Å²) in [5.41, 5.74) is -1.04. The predicted molar refractivity (Wildman–Crippen MR) is 78.8 cm³/mol. The minimum absolute atomic E-state index is 0.253. The van der Waals surface area contributed by atoms with Crippen molar-refractivity contribution >= 4 is 23.2 Å². The van der Waals surface area contributed by atoms with Crippen LogP contribution in [0.4, 0.5) is 5.69 Å². The summed E-state index contributed by atoms with van der Waals surface area (Å²) in [4.78, 5) is 39.2. The van der Waals surface area contributed by atoms with E-state index in [1.165, 1.54) is 4.90 Å². The third-order valence-electron chi connectivity index (χ3n) is 5.52. The van der Waals surface area contributed by atoms with Gasteiger partial charge in [0.15, 0.2) is 0 Å². The molecule has 4 heteroatoms. The minimum Gasteiger partial charge on any atom is -0.315 e. The highest BCUT2D eigenvalue weighted by Gasteiger charge is 2.73. The van der Waals surface area contributed by atoms with Crippen molar-refractivity contribution in [2.75, 3.05) is 11.9 Å². The lowest BCUT2D eigenvalue weighted by atomic mass is 9.68. The molecule has 0 saturated heterocycles. The summed E-state index contributed by atoms with van der Waals surface area (Å²) in [5, 5.41) is 0. The van der Waals surface area contributed by atoms with Crippen LogP contribution in [0.1, 0.15) is 26.7 Å². The van der Waals surface area contributed by atoms with Crippen LogP contribution in [-0.4, -0.2) is 24.5 Å². The Morgan fingerprint density at radius 2 is 1.81 bits per heavy atom. The maximum atomic E-state index is 13.0. The third kappa shape index (κ3) is 1.53. The molecule has 0 N–H and O–H groups in total. The number of fused-ring (bicyclic) bond motifs is 2. The van der Waals surface area contributed by atoms with Crippen molar-refractivity contribution < 1.29 is 14.4 Å². The number of rotatable bonds is 2. The van der Waals surface area contributed by atoms with Crippen LogP contribution < -0.4 is 4.90 Å². The first-order chi connectivity index (χ1) is 9.84. The fourth-order valence-corrected chi connectivity index (χ4v) is 4.11. The number of hydrogen-bond donors (Lipinski definition) is 0. The van der Waals surface area contributed by atoms with Gasteiger partial charge in [-0.05, 0) is 30.4 Å². The first kappa shape index (κ1) is 14.0. The molecule has 2 atom stereocenters. The van der Waals surface area contributed by atoms with Gasteiger partial charge in [0.2, 0.25) is 17.5 Å². The van der Waals surface area contributed by atoms with E-state index in [-0.39, 0.29) is 17.6 Å². The van der Waals surface area contributed by atoms with Crippen LogP contribution in [0.2, 0.25) is 0 Å². The Bertz CT molecular complexity index is 635. The standard InChI is InChI=1S/C17H19NO3/c1-16(2)12-9-10-17(16,14(20)13(12)19)15(21)18(3)11-7-5-4-6-8-11/h4-8,12H,9-10H2,1-3H3. The van der Waals surface area contributed by atoms with Gasteiger partial charge in [-0.3, -0.25) is 14.4 Å². The van der Waals surface area contributed by atoms with Crippen molar-refractivity contribution in [2.24, 2.45) is 16.7 Å². The smallest absolute Gasteiger partial charge is 0.241 e. The van der Waals surface area contributed by atoms with E-state index in [1.807, 2.05) is 44.2 Å². The zero-order valence-electron chi connectivity index (χ0n) is 12.6. The summed E-state index contributed by atoms with van der Waals surface area (Å²) in [7, 11) is 1.67. The number of anilines is 1. The zero-order valence-corrected chi connectivity index (χ0v) is 12.6. The van der Waals surface area contributed by atoms with Crippen molar-refractivity contribution in [2.45, 2.75) is 26.7 Å². The Morgan fingerprint density at radius 3 is 2.33 bits per heavy atom. The molecule has 0 radical (unpaired) electrons. The van der Waals surface area contributed by atoms with E-state index in [4.69, 9.17) is 0 Å². The van der Waals surface area contributed by atoms with Crippen LogP contribution in [0.25, 0.3) is 0 Å². The first-order valence-electron chi connectivity index (χ1n) is 7.26. The second kappa shape index (κ2) is 4.26. The summed E-state index contributed by atoms with van der Waals surface area (Å²) in [5.74, 6) is -1.41. The summed E-state index contributed by atoms with van der Waals surface area (Å²) in [6, 6.07) is 9.23. The molecular formula is C17H19NO3. The van der Waals surface area contributed by atoms with Crippen LogP contribution in [0.15, 0.2) is 30.3 Å². The first-order valence-corrected chi connectivity index (χ1v) is 7.26. The molecule has 1 aromatic rings. The monoisotopic (exact) mass is 285 g/mol. The lowest BCUT2D eigenvalue weighted by Gasteiger charge is -2.37. The maximum absolute atomic E-state index is 13.0. The predicted octanol–water partition coefficient (Wildman–Crippen LogP) is 2.22. The highest BCUT2D eigenvalue weighted by Crippen LogP contribution is 2.63. The molecule has 2 bridgehead atoms. The zero-order chi connectivity index (χ0) is 15.4. The maximum Gasteiger partial charge on any atom is 0.241 e. The number of amides is 1. The van der Waals surface area contributed by atoms with E-state index in [1.54, 1.807) is 7.05 Å². The van der Waals surface area contributed by atoms with Gasteiger partial charge in [0.05, 0.1) is 0 Å². The van der Waals surface area contributed by atoms with Crippen molar-refractivity contribution in [3.8, 4) is 0 Å². The molecule has 21 heavy (non-hydrogen) atoms. The van der Waals surface area contributed by atoms with Gasteiger partial charge in [0, 0.05) is 18.7 Å². The summed E-state index contributed by atoms with van der Waals surface area (Å²) in [6.07, 6.45) is 1.11. The van der Waals surface area contributed by atoms with Crippen LogP contribution in [-0.2, 0) is 14.4 Å². The fourth-order valence-electron chi connectivity index (χ4n) is 4.11. The van der Waals surface area contributed by atoms with E-state index >= 15 is 0 Å². The molecule has 4 nitrogen and oxygen atoms in total. The molecule has 1 amide bonds. The molecule has 110 valence electrons. The lowest BCUT2D eigenvalue weighted by molar-refractivity contribution is -0.147. The van der Waals surface area contributed by atoms with E-state index in [0.29, 0.717) is 12.8 Å². The molecule has 2 fully saturated rings. The Labute approximate surface area is 124 Å². The highest BCUT2D eigenvalue weighted by molar-refractivity contribution is 6.48. The Kier molecular flexibility index (Phi) is 2.84. The number of carbonyl (C=O) groups is 3. The number of ketones is 2. The Morgan fingerprint density at radius 1 is 1.19 bits per heavy atom. The molecule has 0 spiro atoms. The van der Waals surface area contributed by atoms with Gasteiger partial charge in [-0.25, -0.2) is 0 Å². The van der Waals surface area contributed by atoms with Gasteiger partial charge in [-0.2, -0.15) is 0 Å². The lowest BCUT2D eigenvalue weighted by Crippen LogP contribution is -2.51. The summed E-state index contributed by atoms with van der Waals surface area (Å²) >= 11 is 0. The van der Waals surface area contributed by atoms with Crippen molar-refractivity contribution in [1.82, 2.24) is 0 Å². The van der Waals surface area contributed by atoms with Gasteiger partial charge in [-0.15, -0.1) is 0 Å². The largest absolute Gasteiger partial charge is 0.315 e. The van der Waals surface area contributed by atoms with Gasteiger partial charge < -0.3 is 4.90 Å². The second-order valence-corrected chi connectivity index (χ2v) is 6.61. The average molecular weight is 285 g/mol. The molecule has 0 aromatic heterocycles. The minimum atomic E-state index is -1.18. The van der Waals surface area contributed by atoms with Crippen LogP contribution in [0, 0.1) is 16.7 Å². The number of hydrogen-bond acceptors (Lipinski definition) is 3.